The molecule has 0 aliphatic carbocycles. The van der Waals surface area contributed by atoms with Crippen LogP contribution in [0.1, 0.15) is 37.8 Å². The van der Waals surface area contributed by atoms with Gasteiger partial charge >= 0.3 is 0 Å². The highest BCUT2D eigenvalue weighted by Crippen LogP contribution is 2.26. The molecule has 0 radical (unpaired) electrons. The highest BCUT2D eigenvalue weighted by atomic mass is 16.3. The summed E-state index contributed by atoms with van der Waals surface area (Å²) >= 11 is 0. The molecule has 4 nitrogen and oxygen atoms in total. The highest BCUT2D eigenvalue weighted by molar-refractivity contribution is 5.28. The summed E-state index contributed by atoms with van der Waals surface area (Å²) in [5.74, 6) is 0.301. The van der Waals surface area contributed by atoms with Gasteiger partial charge in [-0.2, -0.15) is 0 Å². The SMILES string of the molecule is CCC(c1ccc(O)cc1)N(CCO)CC1CCCN1. The average molecular weight is 278 g/mol. The number of nitrogens with zero attached hydrogens (tertiary/aromatic N) is 1. The van der Waals surface area contributed by atoms with E-state index in [1.54, 1.807) is 12.1 Å². The van der Waals surface area contributed by atoms with E-state index in [0.29, 0.717) is 24.4 Å². The van der Waals surface area contributed by atoms with Gasteiger partial charge in [0.05, 0.1) is 6.61 Å². The molecule has 112 valence electrons. The molecular formula is C16H26N2O2. The van der Waals surface area contributed by atoms with Crippen molar-refractivity contribution < 1.29 is 10.2 Å². The molecule has 1 aromatic carbocycles. The third-order valence-electron chi connectivity index (χ3n) is 4.11. The Balaban J connectivity index is 2.08. The maximum Gasteiger partial charge on any atom is 0.115 e. The minimum atomic E-state index is 0.182. The van der Waals surface area contributed by atoms with E-state index in [4.69, 9.17) is 0 Å². The van der Waals surface area contributed by atoms with Gasteiger partial charge in [0.25, 0.3) is 0 Å². The number of aromatic hydroxyl groups is 1. The van der Waals surface area contributed by atoms with Gasteiger partial charge in [-0.25, -0.2) is 0 Å². The number of phenols is 1. The molecule has 1 saturated heterocycles. The largest absolute Gasteiger partial charge is 0.508 e. The molecule has 0 bridgehead atoms. The van der Waals surface area contributed by atoms with Crippen LogP contribution in [-0.2, 0) is 0 Å². The predicted molar refractivity (Wildman–Crippen MR) is 80.8 cm³/mol. The van der Waals surface area contributed by atoms with Crippen LogP contribution in [0.15, 0.2) is 24.3 Å². The number of benzene rings is 1. The molecule has 2 unspecified atom stereocenters. The van der Waals surface area contributed by atoms with Crippen molar-refractivity contribution in [2.75, 3.05) is 26.2 Å². The van der Waals surface area contributed by atoms with Crippen molar-refractivity contribution in [2.45, 2.75) is 38.3 Å². The van der Waals surface area contributed by atoms with Gasteiger partial charge in [0.1, 0.15) is 5.75 Å². The number of aliphatic hydroxyl groups excluding tert-OH is 1. The molecule has 4 heteroatoms. The van der Waals surface area contributed by atoms with E-state index >= 15 is 0 Å². The van der Waals surface area contributed by atoms with E-state index < -0.39 is 0 Å². The lowest BCUT2D eigenvalue weighted by atomic mass is 10.0. The Morgan fingerprint density at radius 1 is 1.35 bits per heavy atom. The fourth-order valence-electron chi connectivity index (χ4n) is 3.10. The lowest BCUT2D eigenvalue weighted by molar-refractivity contribution is 0.136. The van der Waals surface area contributed by atoms with Crippen LogP contribution in [0.3, 0.4) is 0 Å². The zero-order chi connectivity index (χ0) is 14.4. The van der Waals surface area contributed by atoms with Crippen molar-refractivity contribution in [3.8, 4) is 5.75 Å². The summed E-state index contributed by atoms with van der Waals surface area (Å²) in [5.41, 5.74) is 1.21. The monoisotopic (exact) mass is 278 g/mol. The lowest BCUT2D eigenvalue weighted by Gasteiger charge is -2.33. The molecule has 0 amide bonds. The summed E-state index contributed by atoms with van der Waals surface area (Å²) in [6.45, 7) is 5.12. The number of nitrogens with one attached hydrogen (secondary N) is 1. The van der Waals surface area contributed by atoms with E-state index in [9.17, 15) is 10.2 Å². The maximum atomic E-state index is 9.42. The summed E-state index contributed by atoms with van der Waals surface area (Å²) in [4.78, 5) is 2.36. The Kier molecular flexibility index (Phi) is 5.83. The predicted octanol–water partition coefficient (Wildman–Crippen LogP) is 1.89. The van der Waals surface area contributed by atoms with Gasteiger partial charge in [0.15, 0.2) is 0 Å². The first kappa shape index (κ1) is 15.3. The van der Waals surface area contributed by atoms with Crippen LogP contribution in [0.5, 0.6) is 5.75 Å². The van der Waals surface area contributed by atoms with Crippen LogP contribution in [0.2, 0.25) is 0 Å². The molecule has 0 saturated carbocycles. The van der Waals surface area contributed by atoms with Crippen molar-refractivity contribution in [2.24, 2.45) is 0 Å². The van der Waals surface area contributed by atoms with Crippen molar-refractivity contribution in [1.82, 2.24) is 10.2 Å². The zero-order valence-corrected chi connectivity index (χ0v) is 12.3. The second-order valence-corrected chi connectivity index (χ2v) is 5.53. The van der Waals surface area contributed by atoms with Crippen LogP contribution in [0.4, 0.5) is 0 Å². The molecular weight excluding hydrogens is 252 g/mol. The topological polar surface area (TPSA) is 55.7 Å². The van der Waals surface area contributed by atoms with Crippen LogP contribution in [0, 0.1) is 0 Å². The number of hydrogen-bond acceptors (Lipinski definition) is 4. The smallest absolute Gasteiger partial charge is 0.115 e. The molecule has 1 aliphatic rings. The molecule has 0 spiro atoms. The second-order valence-electron chi connectivity index (χ2n) is 5.53. The molecule has 2 rings (SSSR count). The van der Waals surface area contributed by atoms with Gasteiger partial charge in [-0.15, -0.1) is 0 Å². The van der Waals surface area contributed by atoms with Crippen LogP contribution >= 0.6 is 0 Å². The summed E-state index contributed by atoms with van der Waals surface area (Å²) < 4.78 is 0. The molecule has 2 atom stereocenters. The molecule has 1 aromatic rings. The Morgan fingerprint density at radius 3 is 2.65 bits per heavy atom. The minimum Gasteiger partial charge on any atom is -0.508 e. The first-order chi connectivity index (χ1) is 9.74. The Morgan fingerprint density at radius 2 is 2.10 bits per heavy atom. The number of aliphatic hydroxyl groups is 1. The van der Waals surface area contributed by atoms with Gasteiger partial charge in [0.2, 0.25) is 0 Å². The van der Waals surface area contributed by atoms with Crippen molar-refractivity contribution >= 4 is 0 Å². The molecule has 1 fully saturated rings. The highest BCUT2D eigenvalue weighted by Gasteiger charge is 2.23. The summed E-state index contributed by atoms with van der Waals surface area (Å²) in [5, 5.41) is 22.3. The fraction of sp³-hybridized carbons (Fsp3) is 0.625. The third-order valence-corrected chi connectivity index (χ3v) is 4.11. The molecule has 3 N–H and O–H groups in total. The van der Waals surface area contributed by atoms with Gasteiger partial charge in [-0.05, 0) is 43.5 Å². The molecule has 0 aromatic heterocycles. The van der Waals surface area contributed by atoms with Gasteiger partial charge in [-0.3, -0.25) is 4.90 Å². The summed E-state index contributed by atoms with van der Waals surface area (Å²) in [6.07, 6.45) is 3.46. The van der Waals surface area contributed by atoms with Crippen LogP contribution in [-0.4, -0.2) is 47.4 Å². The van der Waals surface area contributed by atoms with Crippen LogP contribution < -0.4 is 5.32 Å². The summed E-state index contributed by atoms with van der Waals surface area (Å²) in [6, 6.07) is 8.27. The second kappa shape index (κ2) is 7.62. The van der Waals surface area contributed by atoms with E-state index in [1.807, 2.05) is 12.1 Å². The van der Waals surface area contributed by atoms with Crippen LogP contribution in [0.25, 0.3) is 0 Å². The maximum absolute atomic E-state index is 9.42. The standard InChI is InChI=1S/C16H26N2O2/c1-2-16(13-5-7-15(20)8-6-13)18(10-11-19)12-14-4-3-9-17-14/h5-8,14,16-17,19-20H,2-4,9-12H2,1H3. The van der Waals surface area contributed by atoms with E-state index in [1.165, 1.54) is 18.4 Å². The summed E-state index contributed by atoms with van der Waals surface area (Å²) in [7, 11) is 0. The van der Waals surface area contributed by atoms with Crippen molar-refractivity contribution in [1.29, 1.82) is 0 Å². The number of hydrogen-bond donors (Lipinski definition) is 3. The Hall–Kier alpha value is -1.10. The molecule has 1 aliphatic heterocycles. The Bertz CT molecular complexity index is 388. The minimum absolute atomic E-state index is 0.182. The van der Waals surface area contributed by atoms with Gasteiger partial charge in [0, 0.05) is 25.2 Å². The fourth-order valence-corrected chi connectivity index (χ4v) is 3.10. The molecule has 20 heavy (non-hydrogen) atoms. The normalized spacial score (nSPS) is 20.4. The van der Waals surface area contributed by atoms with E-state index in [-0.39, 0.29) is 6.61 Å². The average Bonchev–Trinajstić information content (AvgIpc) is 2.95. The van der Waals surface area contributed by atoms with E-state index in [0.717, 1.165) is 19.5 Å². The lowest BCUT2D eigenvalue weighted by Crippen LogP contribution is -2.41. The number of rotatable bonds is 7. The first-order valence-corrected chi connectivity index (χ1v) is 7.61. The van der Waals surface area contributed by atoms with E-state index in [2.05, 4.69) is 17.1 Å². The van der Waals surface area contributed by atoms with Crippen molar-refractivity contribution in [3.63, 3.8) is 0 Å². The molecule has 1 heterocycles. The van der Waals surface area contributed by atoms with Gasteiger partial charge in [-0.1, -0.05) is 19.1 Å². The van der Waals surface area contributed by atoms with Gasteiger partial charge < -0.3 is 15.5 Å². The zero-order valence-electron chi connectivity index (χ0n) is 12.3. The quantitative estimate of drug-likeness (QED) is 0.713. The first-order valence-electron chi connectivity index (χ1n) is 7.61. The Labute approximate surface area is 121 Å². The number of phenolic OH excluding ortho intramolecular Hbond substituents is 1. The van der Waals surface area contributed by atoms with Crippen molar-refractivity contribution in [3.05, 3.63) is 29.8 Å². The third kappa shape index (κ3) is 3.95.